The fourth-order valence-electron chi connectivity index (χ4n) is 2.90. The van der Waals surface area contributed by atoms with Crippen LogP contribution in [0.5, 0.6) is 0 Å². The van der Waals surface area contributed by atoms with Crippen molar-refractivity contribution in [1.82, 2.24) is 10.6 Å². The molecule has 2 rings (SSSR count). The lowest BCUT2D eigenvalue weighted by Gasteiger charge is -2.21. The molecule has 0 saturated heterocycles. The van der Waals surface area contributed by atoms with Crippen LogP contribution in [0.2, 0.25) is 0 Å². The molecule has 37 heavy (non-hydrogen) atoms. The number of hydrogen-bond acceptors (Lipinski definition) is 7. The first-order chi connectivity index (χ1) is 17.7. The van der Waals surface area contributed by atoms with Gasteiger partial charge in [0.25, 0.3) is 0 Å². The van der Waals surface area contributed by atoms with Gasteiger partial charge in [-0.1, -0.05) is 60.7 Å². The molecular formula is C28H35N3O6. The molecular weight excluding hydrogens is 474 g/mol. The van der Waals surface area contributed by atoms with Crippen molar-refractivity contribution in [3.63, 3.8) is 0 Å². The smallest absolute Gasteiger partial charge is 0.414 e. The van der Waals surface area contributed by atoms with Gasteiger partial charge >= 0.3 is 12.2 Å². The van der Waals surface area contributed by atoms with Gasteiger partial charge in [-0.15, -0.1) is 11.8 Å². The van der Waals surface area contributed by atoms with E-state index >= 15 is 0 Å². The number of nitrogens with one attached hydrogen (secondary N) is 2. The van der Waals surface area contributed by atoms with E-state index in [-0.39, 0.29) is 32.2 Å². The summed E-state index contributed by atoms with van der Waals surface area (Å²) in [7, 11) is 0. The van der Waals surface area contributed by atoms with Crippen molar-refractivity contribution in [1.29, 1.82) is 0 Å². The summed E-state index contributed by atoms with van der Waals surface area (Å²) in [5, 5.41) is 13.9. The number of aliphatic hydroxyl groups is 1. The van der Waals surface area contributed by atoms with Gasteiger partial charge in [0, 0.05) is 12.8 Å². The minimum atomic E-state index is -0.797. The summed E-state index contributed by atoms with van der Waals surface area (Å²) in [6.07, 6.45) is -0.984. The van der Waals surface area contributed by atoms with Gasteiger partial charge in [-0.05, 0) is 31.9 Å². The highest BCUT2D eigenvalue weighted by molar-refractivity contribution is 6.01. The van der Waals surface area contributed by atoms with E-state index in [0.29, 0.717) is 13.0 Å². The van der Waals surface area contributed by atoms with Gasteiger partial charge < -0.3 is 19.3 Å². The topological polar surface area (TPSA) is 118 Å². The highest BCUT2D eigenvalue weighted by Crippen LogP contribution is 2.08. The van der Waals surface area contributed by atoms with Gasteiger partial charge in [-0.2, -0.15) is 0 Å². The lowest BCUT2D eigenvalue weighted by atomic mass is 10.2. The zero-order valence-electron chi connectivity index (χ0n) is 21.5. The van der Waals surface area contributed by atoms with Gasteiger partial charge in [-0.3, -0.25) is 10.6 Å². The van der Waals surface area contributed by atoms with Crippen LogP contribution in [0.25, 0.3) is 0 Å². The lowest BCUT2D eigenvalue weighted by Crippen LogP contribution is -2.46. The second kappa shape index (κ2) is 16.0. The van der Waals surface area contributed by atoms with Gasteiger partial charge in [0.2, 0.25) is 5.96 Å². The van der Waals surface area contributed by atoms with E-state index in [0.717, 1.165) is 11.1 Å². The van der Waals surface area contributed by atoms with E-state index in [1.807, 2.05) is 60.7 Å². The average Bonchev–Trinajstić information content (AvgIpc) is 2.85. The molecule has 2 aromatic carbocycles. The number of guanidine groups is 1. The molecule has 2 amide bonds. The number of aliphatic imine (C=N–C) groups is 1. The maximum Gasteiger partial charge on any atom is 0.414 e. The molecule has 0 fully saturated rings. The number of alkyl carbamates (subject to hydrolysis) is 2. The number of ether oxygens (including phenoxy) is 3. The number of carbonyl (C=O) groups excluding carboxylic acids is 2. The van der Waals surface area contributed by atoms with Crippen LogP contribution >= 0.6 is 0 Å². The predicted octanol–water partition coefficient (Wildman–Crippen LogP) is 4.15. The standard InChI is InChI=1S/C28H35N3O6/c1-28(2,3)37-27(34)31-25(30-26(33)36-20-23-15-9-5-10-16-23)29-24(17-11-6-12-18-32)21-35-19-22-13-7-4-8-14-22/h4-5,7-10,13-16,24,32H,12,17-21H2,1-3H3,(H2,29,30,31,33,34). The molecule has 0 bridgehead atoms. The van der Waals surface area contributed by atoms with Crippen LogP contribution in [-0.4, -0.2) is 48.1 Å². The number of hydrogen-bond donors (Lipinski definition) is 3. The van der Waals surface area contributed by atoms with E-state index in [1.165, 1.54) is 0 Å². The fraction of sp³-hybridized carbons (Fsp3) is 0.393. The largest absolute Gasteiger partial charge is 0.444 e. The summed E-state index contributed by atoms with van der Waals surface area (Å²) >= 11 is 0. The summed E-state index contributed by atoms with van der Waals surface area (Å²) in [4.78, 5) is 29.4. The maximum absolute atomic E-state index is 12.5. The van der Waals surface area contributed by atoms with Crippen LogP contribution in [0.4, 0.5) is 9.59 Å². The van der Waals surface area contributed by atoms with Crippen LogP contribution in [-0.2, 0) is 27.4 Å². The molecule has 198 valence electrons. The maximum atomic E-state index is 12.5. The molecule has 0 aliphatic heterocycles. The Hall–Kier alpha value is -3.87. The van der Waals surface area contributed by atoms with Crippen LogP contribution in [0.1, 0.15) is 44.7 Å². The summed E-state index contributed by atoms with van der Waals surface area (Å²) < 4.78 is 16.4. The minimum absolute atomic E-state index is 0.0443. The van der Waals surface area contributed by atoms with Crippen LogP contribution < -0.4 is 10.6 Å². The molecule has 2 aromatic rings. The third-order valence-corrected chi connectivity index (χ3v) is 4.49. The van der Waals surface area contributed by atoms with E-state index in [4.69, 9.17) is 19.3 Å². The lowest BCUT2D eigenvalue weighted by molar-refractivity contribution is 0.0560. The minimum Gasteiger partial charge on any atom is -0.444 e. The second-order valence-electron chi connectivity index (χ2n) is 8.98. The number of aliphatic hydroxyl groups excluding tert-OH is 1. The van der Waals surface area contributed by atoms with Crippen LogP contribution in [0.15, 0.2) is 65.7 Å². The van der Waals surface area contributed by atoms with Crippen molar-refractivity contribution in [3.8, 4) is 11.8 Å². The zero-order chi connectivity index (χ0) is 26.9. The Balaban J connectivity index is 2.14. The molecule has 9 heteroatoms. The van der Waals surface area contributed by atoms with Crippen LogP contribution in [0.3, 0.4) is 0 Å². The number of rotatable bonds is 9. The van der Waals surface area contributed by atoms with Crippen molar-refractivity contribution in [2.24, 2.45) is 4.99 Å². The normalized spacial score (nSPS) is 12.1. The molecule has 3 N–H and O–H groups in total. The number of amides is 2. The molecule has 9 nitrogen and oxygen atoms in total. The molecule has 1 unspecified atom stereocenters. The van der Waals surface area contributed by atoms with E-state index in [2.05, 4.69) is 27.5 Å². The SMILES string of the molecule is CC(C)(C)OC(=O)NC(=NC(CC#CCCO)COCc1ccccc1)NC(=O)OCc1ccccc1. The molecule has 1 atom stereocenters. The Kier molecular flexibility index (Phi) is 12.7. The monoisotopic (exact) mass is 509 g/mol. The number of nitrogens with zero attached hydrogens (tertiary/aromatic N) is 1. The highest BCUT2D eigenvalue weighted by atomic mass is 16.6. The van der Waals surface area contributed by atoms with Crippen molar-refractivity contribution >= 4 is 18.1 Å². The first kappa shape index (κ1) is 29.4. The fourth-order valence-corrected chi connectivity index (χ4v) is 2.90. The van der Waals surface area contributed by atoms with Gasteiger partial charge in [0.1, 0.15) is 12.2 Å². The number of carbonyl (C=O) groups is 2. The average molecular weight is 510 g/mol. The molecule has 0 spiro atoms. The van der Waals surface area contributed by atoms with E-state index < -0.39 is 23.8 Å². The van der Waals surface area contributed by atoms with Crippen molar-refractivity contribution in [3.05, 3.63) is 71.8 Å². The Morgan fingerprint density at radius 2 is 1.51 bits per heavy atom. The van der Waals surface area contributed by atoms with Crippen molar-refractivity contribution in [2.45, 2.75) is 58.5 Å². The summed E-state index contributed by atoms with van der Waals surface area (Å²) in [5.74, 6) is 5.65. The zero-order valence-corrected chi connectivity index (χ0v) is 21.5. The third-order valence-electron chi connectivity index (χ3n) is 4.49. The first-order valence-corrected chi connectivity index (χ1v) is 12.0. The molecule has 0 aliphatic rings. The third kappa shape index (κ3) is 13.7. The second-order valence-corrected chi connectivity index (χ2v) is 8.98. The van der Waals surface area contributed by atoms with Gasteiger partial charge in [0.15, 0.2) is 0 Å². The summed E-state index contributed by atoms with van der Waals surface area (Å²) in [6, 6.07) is 18.3. The Morgan fingerprint density at radius 1 is 0.919 bits per heavy atom. The first-order valence-electron chi connectivity index (χ1n) is 12.0. The molecule has 0 saturated carbocycles. The predicted molar refractivity (Wildman–Crippen MR) is 141 cm³/mol. The van der Waals surface area contributed by atoms with Crippen LogP contribution in [0, 0.1) is 11.8 Å². The molecule has 0 heterocycles. The van der Waals surface area contributed by atoms with E-state index in [9.17, 15) is 9.59 Å². The van der Waals surface area contributed by atoms with Gasteiger partial charge in [-0.25, -0.2) is 14.6 Å². The summed E-state index contributed by atoms with van der Waals surface area (Å²) in [5.41, 5.74) is 1.05. The molecule has 0 aliphatic carbocycles. The summed E-state index contributed by atoms with van der Waals surface area (Å²) in [6.45, 7) is 5.70. The van der Waals surface area contributed by atoms with Crippen molar-refractivity contribution in [2.75, 3.05) is 13.2 Å². The number of benzene rings is 2. The Bertz CT molecular complexity index is 1060. The Labute approximate surface area is 218 Å². The van der Waals surface area contributed by atoms with Gasteiger partial charge in [0.05, 0.1) is 25.9 Å². The van der Waals surface area contributed by atoms with E-state index in [1.54, 1.807) is 20.8 Å². The molecule has 0 aromatic heterocycles. The molecule has 0 radical (unpaired) electrons. The quantitative estimate of drug-likeness (QED) is 0.265. The van der Waals surface area contributed by atoms with Crippen molar-refractivity contribution < 1.29 is 28.9 Å². The Morgan fingerprint density at radius 3 is 2.11 bits per heavy atom. The highest BCUT2D eigenvalue weighted by Gasteiger charge is 2.20.